The number of aryl methyl sites for hydroxylation is 1. The molecule has 0 fully saturated rings. The van der Waals surface area contributed by atoms with Gasteiger partial charge in [0.05, 0.1) is 10.9 Å². The predicted molar refractivity (Wildman–Crippen MR) is 61.8 cm³/mol. The van der Waals surface area contributed by atoms with Crippen LogP contribution in [0.25, 0.3) is 10.9 Å². The molecule has 1 aromatic carbocycles. The third kappa shape index (κ3) is 1.26. The first-order chi connectivity index (χ1) is 7.38. The van der Waals surface area contributed by atoms with Crippen LogP contribution in [0, 0.1) is 12.3 Å². The summed E-state index contributed by atoms with van der Waals surface area (Å²) in [5.74, 6) is 0. The molecule has 1 heteroatoms. The molecule has 3 rings (SSSR count). The number of nitrogens with zero attached hydrogens (tertiary/aromatic N) is 1. The number of hydrogen-bond donors (Lipinski definition) is 0. The van der Waals surface area contributed by atoms with Gasteiger partial charge in [0.25, 0.3) is 0 Å². The molecule has 1 heterocycles. The van der Waals surface area contributed by atoms with Crippen molar-refractivity contribution in [2.45, 2.75) is 26.3 Å². The minimum atomic E-state index is 0.967. The summed E-state index contributed by atoms with van der Waals surface area (Å²) in [6, 6.07) is 7.76. The highest BCUT2D eigenvalue weighted by molar-refractivity contribution is 5.80. The second kappa shape index (κ2) is 3.17. The van der Waals surface area contributed by atoms with E-state index in [-0.39, 0.29) is 0 Å². The zero-order valence-corrected chi connectivity index (χ0v) is 8.88. The van der Waals surface area contributed by atoms with Crippen molar-refractivity contribution in [2.75, 3.05) is 0 Å². The fourth-order valence-electron chi connectivity index (χ4n) is 2.24. The first kappa shape index (κ1) is 8.61. The highest BCUT2D eigenvalue weighted by atomic mass is 14.9. The van der Waals surface area contributed by atoms with Crippen molar-refractivity contribution in [1.29, 1.82) is 0 Å². The Hall–Kier alpha value is -1.68. The Morgan fingerprint density at radius 2 is 1.93 bits per heavy atom. The van der Waals surface area contributed by atoms with Gasteiger partial charge < -0.3 is 4.57 Å². The second-order valence-electron chi connectivity index (χ2n) is 4.00. The topological polar surface area (TPSA) is 4.93 Å². The van der Waals surface area contributed by atoms with Gasteiger partial charge in [0, 0.05) is 12.7 Å². The largest absolute Gasteiger partial charge is 0.300 e. The van der Waals surface area contributed by atoms with Crippen LogP contribution < -0.4 is 0 Å². The normalized spacial score (nSPS) is 13.9. The SMILES string of the molecule is CCn1c#cc2cc3c(cc21)CC=CC3. The van der Waals surface area contributed by atoms with Crippen LogP contribution in [-0.4, -0.2) is 4.57 Å². The van der Waals surface area contributed by atoms with E-state index in [0.717, 1.165) is 19.4 Å². The van der Waals surface area contributed by atoms with E-state index in [4.69, 9.17) is 0 Å². The van der Waals surface area contributed by atoms with Gasteiger partial charge in [-0.25, -0.2) is 0 Å². The summed E-state index contributed by atoms with van der Waals surface area (Å²) in [6.45, 7) is 3.11. The first-order valence-corrected chi connectivity index (χ1v) is 5.48. The van der Waals surface area contributed by atoms with E-state index in [9.17, 15) is 0 Å². The summed E-state index contributed by atoms with van der Waals surface area (Å²) in [4.78, 5) is 0. The maximum absolute atomic E-state index is 3.20. The van der Waals surface area contributed by atoms with E-state index in [0.29, 0.717) is 0 Å². The van der Waals surface area contributed by atoms with Crippen LogP contribution in [0.15, 0.2) is 24.3 Å². The van der Waals surface area contributed by atoms with Crippen molar-refractivity contribution in [1.82, 2.24) is 4.57 Å². The van der Waals surface area contributed by atoms with Gasteiger partial charge in [-0.2, -0.15) is 0 Å². The quantitative estimate of drug-likeness (QED) is 0.616. The Labute approximate surface area is 90.0 Å². The average molecular weight is 195 g/mol. The Balaban J connectivity index is 2.26. The summed E-state index contributed by atoms with van der Waals surface area (Å²) in [5, 5.41) is 1.20. The van der Waals surface area contributed by atoms with Crippen LogP contribution in [0.3, 0.4) is 0 Å². The number of aromatic nitrogens is 1. The van der Waals surface area contributed by atoms with E-state index in [2.05, 4.69) is 48.0 Å². The smallest absolute Gasteiger partial charge is 0.0649 e. The Morgan fingerprint density at radius 1 is 1.20 bits per heavy atom. The van der Waals surface area contributed by atoms with Gasteiger partial charge in [0.1, 0.15) is 0 Å². The van der Waals surface area contributed by atoms with E-state index in [1.165, 1.54) is 22.0 Å². The van der Waals surface area contributed by atoms with Crippen molar-refractivity contribution in [3.05, 3.63) is 47.7 Å². The molecule has 1 nitrogen and oxygen atoms in total. The number of hydrogen-bond acceptors (Lipinski definition) is 0. The average Bonchev–Trinajstić information content (AvgIpc) is 2.68. The van der Waals surface area contributed by atoms with E-state index < -0.39 is 0 Å². The maximum atomic E-state index is 3.20. The molecule has 0 radical (unpaired) electrons. The number of rotatable bonds is 1. The minimum Gasteiger partial charge on any atom is -0.300 e. The molecule has 1 aromatic heterocycles. The van der Waals surface area contributed by atoms with Gasteiger partial charge in [-0.1, -0.05) is 12.2 Å². The lowest BCUT2D eigenvalue weighted by atomic mass is 9.95. The molecule has 0 amide bonds. The lowest BCUT2D eigenvalue weighted by Crippen LogP contribution is -1.99. The monoisotopic (exact) mass is 195 g/mol. The van der Waals surface area contributed by atoms with E-state index in [1.807, 2.05) is 0 Å². The van der Waals surface area contributed by atoms with E-state index >= 15 is 0 Å². The predicted octanol–water partition coefficient (Wildman–Crippen LogP) is 2.92. The summed E-state index contributed by atoms with van der Waals surface area (Å²) < 4.78 is 2.13. The molecule has 1 aliphatic rings. The minimum absolute atomic E-state index is 0.967. The molecule has 0 N–H and O–H groups in total. The molecule has 74 valence electrons. The van der Waals surface area contributed by atoms with Crippen molar-refractivity contribution in [3.63, 3.8) is 0 Å². The maximum Gasteiger partial charge on any atom is 0.0649 e. The lowest BCUT2D eigenvalue weighted by molar-refractivity contribution is 0.797. The Morgan fingerprint density at radius 3 is 2.67 bits per heavy atom. The number of benzene rings is 1. The van der Waals surface area contributed by atoms with Gasteiger partial charge in [-0.05, 0) is 49.1 Å². The van der Waals surface area contributed by atoms with Crippen LogP contribution in [0.4, 0.5) is 0 Å². The molecule has 0 aliphatic heterocycles. The van der Waals surface area contributed by atoms with Crippen molar-refractivity contribution in [3.8, 4) is 0 Å². The van der Waals surface area contributed by atoms with Gasteiger partial charge >= 0.3 is 0 Å². The summed E-state index contributed by atoms with van der Waals surface area (Å²) in [6.07, 6.45) is 9.79. The van der Waals surface area contributed by atoms with Crippen LogP contribution in [0.2, 0.25) is 0 Å². The first-order valence-electron chi connectivity index (χ1n) is 5.48. The highest BCUT2D eigenvalue weighted by Crippen LogP contribution is 2.23. The summed E-state index contributed by atoms with van der Waals surface area (Å²) >= 11 is 0. The third-order valence-electron chi connectivity index (χ3n) is 3.09. The van der Waals surface area contributed by atoms with Crippen LogP contribution in [0.5, 0.6) is 0 Å². The second-order valence-corrected chi connectivity index (χ2v) is 4.00. The van der Waals surface area contributed by atoms with Crippen molar-refractivity contribution in [2.24, 2.45) is 0 Å². The lowest BCUT2D eigenvalue weighted by Gasteiger charge is -2.11. The molecule has 2 aromatic rings. The number of fused-ring (bicyclic) bond motifs is 2. The standard InChI is InChI=1S/C14H13N/c1-2-15-8-7-13-9-11-5-3-4-6-12(11)10-14(13)15/h3-4,9-10H,2,5-6H2,1H3. The van der Waals surface area contributed by atoms with Gasteiger partial charge in [0.15, 0.2) is 0 Å². The molecule has 0 saturated carbocycles. The van der Waals surface area contributed by atoms with Gasteiger partial charge in [-0.3, -0.25) is 0 Å². The molecular formula is C14H13N. The zero-order chi connectivity index (χ0) is 10.3. The highest BCUT2D eigenvalue weighted by Gasteiger charge is 2.08. The Kier molecular flexibility index (Phi) is 1.82. The molecular weight excluding hydrogens is 182 g/mol. The van der Waals surface area contributed by atoms with Crippen molar-refractivity contribution < 1.29 is 0 Å². The fourth-order valence-corrected chi connectivity index (χ4v) is 2.24. The van der Waals surface area contributed by atoms with Gasteiger partial charge in [-0.15, -0.1) is 0 Å². The van der Waals surface area contributed by atoms with Crippen molar-refractivity contribution >= 4 is 10.9 Å². The molecule has 0 spiro atoms. The van der Waals surface area contributed by atoms with E-state index in [1.54, 1.807) is 0 Å². The summed E-state index contributed by atoms with van der Waals surface area (Å²) in [7, 11) is 0. The zero-order valence-electron chi connectivity index (χ0n) is 8.88. The molecule has 0 atom stereocenters. The molecule has 15 heavy (non-hydrogen) atoms. The van der Waals surface area contributed by atoms with Crippen LogP contribution in [-0.2, 0) is 19.4 Å². The third-order valence-corrected chi connectivity index (χ3v) is 3.09. The molecule has 0 bridgehead atoms. The Bertz CT molecular complexity index is 532. The molecule has 0 saturated heterocycles. The molecule has 0 unspecified atom stereocenters. The molecule has 1 aliphatic carbocycles. The van der Waals surface area contributed by atoms with Crippen LogP contribution in [0.1, 0.15) is 18.1 Å². The summed E-state index contributed by atoms with van der Waals surface area (Å²) in [5.41, 5.74) is 4.18. The van der Waals surface area contributed by atoms with Gasteiger partial charge in [0.2, 0.25) is 0 Å². The number of allylic oxidation sites excluding steroid dienone is 2. The fraction of sp³-hybridized carbons (Fsp3) is 0.286. The van der Waals surface area contributed by atoms with Crippen LogP contribution >= 0.6 is 0 Å².